The minimum atomic E-state index is -0.263. The van der Waals surface area contributed by atoms with Gasteiger partial charge in [0.15, 0.2) is 0 Å². The highest BCUT2D eigenvalue weighted by Gasteiger charge is 2.20. The van der Waals surface area contributed by atoms with Gasteiger partial charge in [-0.05, 0) is 67.7 Å². The van der Waals surface area contributed by atoms with Crippen LogP contribution in [0.5, 0.6) is 0 Å². The molecule has 0 unspecified atom stereocenters. The Bertz CT molecular complexity index is 2150. The van der Waals surface area contributed by atoms with E-state index < -0.39 is 0 Å². The molecule has 0 atom stereocenters. The Morgan fingerprint density at radius 1 is 0.447 bits per heavy atom. The molecule has 0 aliphatic heterocycles. The minimum absolute atomic E-state index is 0.263. The van der Waals surface area contributed by atoms with Crippen LogP contribution in [0.3, 0.4) is 0 Å². The molecule has 0 aliphatic carbocycles. The maximum absolute atomic E-state index is 14.1. The molecule has 1 heterocycles. The number of hydrogen-bond acceptors (Lipinski definition) is 1. The van der Waals surface area contributed by atoms with Gasteiger partial charge in [-0.25, -0.2) is 4.39 Å². The third-order valence-electron chi connectivity index (χ3n) is 7.70. The van der Waals surface area contributed by atoms with Gasteiger partial charge in [0, 0.05) is 21.9 Å². The molecule has 38 heavy (non-hydrogen) atoms. The van der Waals surface area contributed by atoms with Crippen molar-refractivity contribution in [3.63, 3.8) is 0 Å². The number of fused-ring (bicyclic) bond motifs is 6. The van der Waals surface area contributed by atoms with Crippen LogP contribution in [-0.4, -0.2) is 0 Å². The van der Waals surface area contributed by atoms with Gasteiger partial charge in [-0.15, -0.1) is 0 Å². The molecule has 8 rings (SSSR count). The summed E-state index contributed by atoms with van der Waals surface area (Å²) in [5.41, 5.74) is 6.03. The van der Waals surface area contributed by atoms with Gasteiger partial charge in [-0.3, -0.25) is 0 Å². The van der Waals surface area contributed by atoms with E-state index in [-0.39, 0.29) is 5.82 Å². The van der Waals surface area contributed by atoms with E-state index in [1.54, 1.807) is 12.1 Å². The zero-order valence-corrected chi connectivity index (χ0v) is 20.4. The number of hydrogen-bond donors (Lipinski definition) is 0. The molecule has 1 aromatic heterocycles. The van der Waals surface area contributed by atoms with Crippen LogP contribution in [0.25, 0.3) is 76.5 Å². The van der Waals surface area contributed by atoms with Crippen molar-refractivity contribution in [3.05, 3.63) is 133 Å². The lowest BCUT2D eigenvalue weighted by Crippen LogP contribution is -1.91. The van der Waals surface area contributed by atoms with Crippen molar-refractivity contribution in [1.82, 2.24) is 0 Å². The molecule has 0 spiro atoms. The molecule has 7 aromatic carbocycles. The molecular formula is C36H21FO. The number of benzene rings is 7. The number of furan rings is 1. The number of para-hydroxylation sites is 1. The molecule has 2 heteroatoms. The molecule has 1 nitrogen and oxygen atoms in total. The van der Waals surface area contributed by atoms with E-state index in [0.717, 1.165) is 38.3 Å². The van der Waals surface area contributed by atoms with Gasteiger partial charge < -0.3 is 4.42 Å². The molecule has 0 fully saturated rings. The predicted octanol–water partition coefficient (Wildman–Crippen LogP) is 10.5. The summed E-state index contributed by atoms with van der Waals surface area (Å²) in [4.78, 5) is 0. The fraction of sp³-hybridized carbons (Fsp3) is 0. The normalized spacial score (nSPS) is 11.8. The van der Waals surface area contributed by atoms with E-state index in [1.165, 1.54) is 38.7 Å². The molecular weight excluding hydrogens is 467 g/mol. The Morgan fingerprint density at radius 2 is 1.08 bits per heavy atom. The van der Waals surface area contributed by atoms with Crippen LogP contribution in [-0.2, 0) is 0 Å². The number of rotatable bonds is 2. The Kier molecular flexibility index (Phi) is 4.47. The van der Waals surface area contributed by atoms with Gasteiger partial charge in [0.1, 0.15) is 17.0 Å². The van der Waals surface area contributed by atoms with Crippen molar-refractivity contribution < 1.29 is 8.81 Å². The molecule has 178 valence electrons. The average molecular weight is 489 g/mol. The second kappa shape index (κ2) is 8.03. The van der Waals surface area contributed by atoms with E-state index in [4.69, 9.17) is 4.42 Å². The summed E-state index contributed by atoms with van der Waals surface area (Å²) < 4.78 is 20.5. The zero-order chi connectivity index (χ0) is 25.2. The van der Waals surface area contributed by atoms with Crippen molar-refractivity contribution >= 4 is 54.3 Å². The first kappa shape index (κ1) is 21.2. The van der Waals surface area contributed by atoms with E-state index in [1.807, 2.05) is 12.1 Å². The maximum Gasteiger partial charge on any atom is 0.143 e. The van der Waals surface area contributed by atoms with Gasteiger partial charge >= 0.3 is 0 Å². The van der Waals surface area contributed by atoms with Crippen LogP contribution < -0.4 is 0 Å². The lowest BCUT2D eigenvalue weighted by atomic mass is 9.85. The van der Waals surface area contributed by atoms with Crippen molar-refractivity contribution in [2.24, 2.45) is 0 Å². The molecule has 8 aromatic rings. The quantitative estimate of drug-likeness (QED) is 0.221. The molecule has 0 aliphatic rings. The first-order valence-electron chi connectivity index (χ1n) is 12.8. The van der Waals surface area contributed by atoms with Crippen LogP contribution in [0.1, 0.15) is 0 Å². The Labute approximate surface area is 218 Å². The van der Waals surface area contributed by atoms with E-state index in [0.29, 0.717) is 5.58 Å². The van der Waals surface area contributed by atoms with Crippen LogP contribution >= 0.6 is 0 Å². The Hall–Kier alpha value is -4.95. The molecule has 0 bridgehead atoms. The summed E-state index contributed by atoms with van der Waals surface area (Å²) in [5, 5.41) is 8.87. The number of halogens is 1. The van der Waals surface area contributed by atoms with Crippen molar-refractivity contribution in [2.75, 3.05) is 0 Å². The standard InChI is InChI=1S/C36H21FO/c37-25-18-19-33-32(21-25)30-14-7-15-31(36(30)38-33)35-28-12-5-3-10-26(28)34(27-11-4-6-13-29(27)35)24-17-16-22-8-1-2-9-23(22)20-24/h1-21H. The van der Waals surface area contributed by atoms with Gasteiger partial charge in [0.05, 0.1) is 0 Å². The maximum atomic E-state index is 14.1. The fourth-order valence-corrected chi connectivity index (χ4v) is 6.04. The van der Waals surface area contributed by atoms with Crippen LogP contribution in [0.4, 0.5) is 4.39 Å². The van der Waals surface area contributed by atoms with Crippen LogP contribution in [0.2, 0.25) is 0 Å². The Morgan fingerprint density at radius 3 is 1.82 bits per heavy atom. The van der Waals surface area contributed by atoms with Crippen molar-refractivity contribution in [1.29, 1.82) is 0 Å². The van der Waals surface area contributed by atoms with E-state index in [2.05, 4.69) is 97.1 Å². The largest absolute Gasteiger partial charge is 0.455 e. The minimum Gasteiger partial charge on any atom is -0.455 e. The summed E-state index contributed by atoms with van der Waals surface area (Å²) in [6.45, 7) is 0. The SMILES string of the molecule is Fc1ccc2oc3c(-c4c5ccccc5c(-c5ccc6ccccc6c5)c5ccccc45)cccc3c2c1. The molecule has 0 saturated carbocycles. The van der Waals surface area contributed by atoms with Crippen molar-refractivity contribution in [3.8, 4) is 22.3 Å². The first-order valence-corrected chi connectivity index (χ1v) is 12.8. The Balaban J connectivity index is 1.52. The summed E-state index contributed by atoms with van der Waals surface area (Å²) in [6.07, 6.45) is 0. The van der Waals surface area contributed by atoms with Gasteiger partial charge in [-0.2, -0.15) is 0 Å². The van der Waals surface area contributed by atoms with E-state index >= 15 is 0 Å². The van der Waals surface area contributed by atoms with Crippen LogP contribution in [0, 0.1) is 5.82 Å². The van der Waals surface area contributed by atoms with Gasteiger partial charge in [-0.1, -0.05) is 103 Å². The summed E-state index contributed by atoms with van der Waals surface area (Å²) >= 11 is 0. The highest BCUT2D eigenvalue weighted by Crippen LogP contribution is 2.46. The lowest BCUT2D eigenvalue weighted by Gasteiger charge is -2.18. The second-order valence-electron chi connectivity index (χ2n) is 9.83. The van der Waals surface area contributed by atoms with Gasteiger partial charge in [0.2, 0.25) is 0 Å². The fourth-order valence-electron chi connectivity index (χ4n) is 6.04. The average Bonchev–Trinajstić information content (AvgIpc) is 3.34. The lowest BCUT2D eigenvalue weighted by molar-refractivity contribution is 0.626. The van der Waals surface area contributed by atoms with Crippen molar-refractivity contribution in [2.45, 2.75) is 0 Å². The summed E-state index contributed by atoms with van der Waals surface area (Å²) in [7, 11) is 0. The zero-order valence-electron chi connectivity index (χ0n) is 20.4. The van der Waals surface area contributed by atoms with Crippen LogP contribution in [0.15, 0.2) is 132 Å². The highest BCUT2D eigenvalue weighted by molar-refractivity contribution is 6.24. The summed E-state index contributed by atoms with van der Waals surface area (Å²) in [5.74, 6) is -0.263. The monoisotopic (exact) mass is 488 g/mol. The predicted molar refractivity (Wildman–Crippen MR) is 157 cm³/mol. The molecule has 0 radical (unpaired) electrons. The first-order chi connectivity index (χ1) is 18.8. The summed E-state index contributed by atoms with van der Waals surface area (Å²) in [6, 6.07) is 43.3. The second-order valence-corrected chi connectivity index (χ2v) is 9.83. The third kappa shape index (κ3) is 3.04. The third-order valence-corrected chi connectivity index (χ3v) is 7.70. The van der Waals surface area contributed by atoms with E-state index in [9.17, 15) is 4.39 Å². The smallest absolute Gasteiger partial charge is 0.143 e. The molecule has 0 N–H and O–H groups in total. The molecule has 0 amide bonds. The molecule has 0 saturated heterocycles. The topological polar surface area (TPSA) is 13.1 Å². The highest BCUT2D eigenvalue weighted by atomic mass is 19.1. The van der Waals surface area contributed by atoms with Gasteiger partial charge in [0.25, 0.3) is 0 Å².